The first kappa shape index (κ1) is 27.6. The standard InChI is InChI=1S/C25H30N6O5S2/c1-16-12-26-21(27-13-16)11-18(9-10-34-3)38(32,33)15-22-29-30-24(25-28-17(2)14-37-25)31(22)23-19(35-4)7-6-8-20(23)36-5/h6-8,12-14,18H,9-11,15H2,1-5H3/t18-/m1/s1. The van der Waals surface area contributed by atoms with Crippen LogP contribution in [0.25, 0.3) is 16.5 Å². The van der Waals surface area contributed by atoms with E-state index in [9.17, 15) is 8.42 Å². The Balaban J connectivity index is 1.81. The van der Waals surface area contributed by atoms with Gasteiger partial charge in [-0.25, -0.2) is 23.4 Å². The number of benzene rings is 1. The summed E-state index contributed by atoms with van der Waals surface area (Å²) in [7, 11) is 0.842. The van der Waals surface area contributed by atoms with Gasteiger partial charge in [0.15, 0.2) is 26.5 Å². The number of sulfone groups is 1. The Morgan fingerprint density at radius 2 is 1.71 bits per heavy atom. The van der Waals surface area contributed by atoms with Gasteiger partial charge in [0.2, 0.25) is 0 Å². The van der Waals surface area contributed by atoms with Gasteiger partial charge in [-0.1, -0.05) is 6.07 Å². The minimum absolute atomic E-state index is 0.149. The number of rotatable bonds is 12. The fourth-order valence-corrected chi connectivity index (χ4v) is 6.39. The van der Waals surface area contributed by atoms with Crippen LogP contribution in [-0.4, -0.2) is 71.3 Å². The Morgan fingerprint density at radius 1 is 1.03 bits per heavy atom. The van der Waals surface area contributed by atoms with Crippen LogP contribution in [0.5, 0.6) is 11.5 Å². The number of hydrogen-bond acceptors (Lipinski definition) is 11. The molecule has 0 aliphatic heterocycles. The molecule has 202 valence electrons. The van der Waals surface area contributed by atoms with Gasteiger partial charge >= 0.3 is 0 Å². The van der Waals surface area contributed by atoms with E-state index in [1.165, 1.54) is 25.6 Å². The van der Waals surface area contributed by atoms with Crippen LogP contribution in [0.1, 0.15) is 29.3 Å². The van der Waals surface area contributed by atoms with E-state index < -0.39 is 15.1 Å². The number of methoxy groups -OCH3 is 3. The van der Waals surface area contributed by atoms with Crippen molar-refractivity contribution in [3.8, 4) is 28.0 Å². The fourth-order valence-electron chi connectivity index (χ4n) is 3.98. The van der Waals surface area contributed by atoms with Crippen molar-refractivity contribution in [1.82, 2.24) is 29.7 Å². The first-order valence-corrected chi connectivity index (χ1v) is 14.4. The lowest BCUT2D eigenvalue weighted by Gasteiger charge is -2.19. The van der Waals surface area contributed by atoms with Gasteiger partial charge in [-0.2, -0.15) is 0 Å². The highest BCUT2D eigenvalue weighted by Crippen LogP contribution is 2.37. The molecule has 0 radical (unpaired) electrons. The Bertz CT molecular complexity index is 1460. The lowest BCUT2D eigenvalue weighted by atomic mass is 10.2. The molecule has 38 heavy (non-hydrogen) atoms. The molecule has 0 fully saturated rings. The maximum atomic E-state index is 13.9. The van der Waals surface area contributed by atoms with Gasteiger partial charge in [-0.3, -0.25) is 4.57 Å². The maximum absolute atomic E-state index is 13.9. The van der Waals surface area contributed by atoms with Crippen LogP contribution in [-0.2, 0) is 26.7 Å². The van der Waals surface area contributed by atoms with E-state index >= 15 is 0 Å². The van der Waals surface area contributed by atoms with Crippen molar-refractivity contribution in [3.63, 3.8) is 0 Å². The fraction of sp³-hybridized carbons (Fsp3) is 0.400. The smallest absolute Gasteiger partial charge is 0.197 e. The summed E-state index contributed by atoms with van der Waals surface area (Å²) < 4.78 is 45.8. The summed E-state index contributed by atoms with van der Waals surface area (Å²) in [5, 5.41) is 10.4. The van der Waals surface area contributed by atoms with E-state index in [-0.39, 0.29) is 31.0 Å². The van der Waals surface area contributed by atoms with Gasteiger partial charge in [0, 0.05) is 43.6 Å². The summed E-state index contributed by atoms with van der Waals surface area (Å²) in [5.74, 6) is 1.62. The molecule has 0 saturated carbocycles. The molecule has 13 heteroatoms. The molecule has 3 heterocycles. The first-order chi connectivity index (χ1) is 18.3. The monoisotopic (exact) mass is 558 g/mol. The zero-order valence-electron chi connectivity index (χ0n) is 21.9. The summed E-state index contributed by atoms with van der Waals surface area (Å²) in [6, 6.07) is 5.32. The van der Waals surface area contributed by atoms with Gasteiger partial charge in [-0.15, -0.1) is 21.5 Å². The summed E-state index contributed by atoms with van der Waals surface area (Å²) in [5.41, 5.74) is 2.21. The van der Waals surface area contributed by atoms with E-state index in [2.05, 4.69) is 25.1 Å². The van der Waals surface area contributed by atoms with E-state index in [1.54, 1.807) is 42.3 Å². The van der Waals surface area contributed by atoms with E-state index in [1.807, 2.05) is 19.2 Å². The number of aromatic nitrogens is 6. The number of aryl methyl sites for hydroxylation is 2. The zero-order valence-corrected chi connectivity index (χ0v) is 23.5. The van der Waals surface area contributed by atoms with Crippen molar-refractivity contribution in [2.75, 3.05) is 27.9 Å². The molecule has 0 unspecified atom stereocenters. The molecule has 3 aromatic heterocycles. The Morgan fingerprint density at radius 3 is 2.29 bits per heavy atom. The summed E-state index contributed by atoms with van der Waals surface area (Å²) >= 11 is 1.39. The maximum Gasteiger partial charge on any atom is 0.197 e. The predicted octanol–water partition coefficient (Wildman–Crippen LogP) is 3.38. The average molecular weight is 559 g/mol. The van der Waals surface area contributed by atoms with Crippen molar-refractivity contribution in [2.45, 2.75) is 37.7 Å². The second-order valence-corrected chi connectivity index (χ2v) is 11.8. The lowest BCUT2D eigenvalue weighted by molar-refractivity contribution is 0.193. The molecular weight excluding hydrogens is 528 g/mol. The van der Waals surface area contributed by atoms with Gasteiger partial charge in [-0.05, 0) is 38.0 Å². The van der Waals surface area contributed by atoms with Gasteiger partial charge < -0.3 is 14.2 Å². The molecule has 0 aliphatic rings. The number of hydrogen-bond donors (Lipinski definition) is 0. The number of para-hydroxylation sites is 1. The number of nitrogens with zero attached hydrogens (tertiary/aromatic N) is 6. The minimum atomic E-state index is -3.77. The second-order valence-electron chi connectivity index (χ2n) is 8.67. The summed E-state index contributed by atoms with van der Waals surface area (Å²) in [6.45, 7) is 4.03. The van der Waals surface area contributed by atoms with Crippen LogP contribution < -0.4 is 9.47 Å². The molecule has 0 saturated heterocycles. The van der Waals surface area contributed by atoms with Gasteiger partial charge in [0.1, 0.15) is 28.8 Å². The highest BCUT2D eigenvalue weighted by atomic mass is 32.2. The molecule has 0 amide bonds. The highest BCUT2D eigenvalue weighted by molar-refractivity contribution is 7.91. The average Bonchev–Trinajstić information content (AvgIpc) is 3.52. The molecule has 4 rings (SSSR count). The van der Waals surface area contributed by atoms with Crippen LogP contribution in [0, 0.1) is 13.8 Å². The molecule has 1 aromatic carbocycles. The van der Waals surface area contributed by atoms with Crippen LogP contribution in [0.2, 0.25) is 0 Å². The largest absolute Gasteiger partial charge is 0.494 e. The SMILES string of the molecule is COCC[C@H](Cc1ncc(C)cn1)S(=O)(=O)Cc1nnc(-c2nc(C)cs2)n1-c1c(OC)cccc1OC. The van der Waals surface area contributed by atoms with Crippen molar-refractivity contribution in [1.29, 1.82) is 0 Å². The van der Waals surface area contributed by atoms with Crippen LogP contribution >= 0.6 is 11.3 Å². The summed E-state index contributed by atoms with van der Waals surface area (Å²) in [6.07, 6.45) is 3.78. The van der Waals surface area contributed by atoms with Crippen molar-refractivity contribution < 1.29 is 22.6 Å². The van der Waals surface area contributed by atoms with Crippen molar-refractivity contribution >= 4 is 21.2 Å². The molecule has 0 bridgehead atoms. The normalized spacial score (nSPS) is 12.4. The third-order valence-corrected chi connectivity index (χ3v) is 8.93. The molecule has 1 atom stereocenters. The minimum Gasteiger partial charge on any atom is -0.494 e. The van der Waals surface area contributed by atoms with Crippen LogP contribution in [0.4, 0.5) is 0 Å². The molecule has 0 N–H and O–H groups in total. The van der Waals surface area contributed by atoms with Crippen molar-refractivity contribution in [2.24, 2.45) is 0 Å². The van der Waals surface area contributed by atoms with Crippen LogP contribution in [0.15, 0.2) is 36.0 Å². The van der Waals surface area contributed by atoms with E-state index in [4.69, 9.17) is 14.2 Å². The van der Waals surface area contributed by atoms with Gasteiger partial charge in [0.05, 0.1) is 19.5 Å². The molecule has 11 nitrogen and oxygen atoms in total. The number of thiazole rings is 1. The van der Waals surface area contributed by atoms with Gasteiger partial charge in [0.25, 0.3) is 0 Å². The Hall–Kier alpha value is -3.42. The number of ether oxygens (including phenoxy) is 3. The molecular formula is C25H30N6O5S2. The zero-order chi connectivity index (χ0) is 27.3. The molecule has 0 aliphatic carbocycles. The molecule has 4 aromatic rings. The summed E-state index contributed by atoms with van der Waals surface area (Å²) in [4.78, 5) is 13.2. The van der Waals surface area contributed by atoms with Crippen molar-refractivity contribution in [3.05, 3.63) is 58.9 Å². The first-order valence-electron chi connectivity index (χ1n) is 11.8. The third-order valence-electron chi connectivity index (χ3n) is 5.89. The highest BCUT2D eigenvalue weighted by Gasteiger charge is 2.32. The second kappa shape index (κ2) is 12.0. The third kappa shape index (κ3) is 6.00. The van der Waals surface area contributed by atoms with Crippen LogP contribution in [0.3, 0.4) is 0 Å². The van der Waals surface area contributed by atoms with E-state index in [0.717, 1.165) is 11.3 Å². The Kier molecular flexibility index (Phi) is 8.69. The quantitative estimate of drug-likeness (QED) is 0.255. The van der Waals surface area contributed by atoms with E-state index in [0.29, 0.717) is 33.8 Å². The lowest BCUT2D eigenvalue weighted by Crippen LogP contribution is -2.28. The molecule has 0 spiro atoms. The Labute approximate surface area is 225 Å². The predicted molar refractivity (Wildman–Crippen MR) is 144 cm³/mol. The topological polar surface area (TPSA) is 131 Å².